The number of aromatic nitrogens is 2. The molecule has 0 amide bonds. The molecule has 2 rings (SSSR count). The van der Waals surface area contributed by atoms with E-state index in [0.717, 1.165) is 30.2 Å². The van der Waals surface area contributed by atoms with Crippen molar-refractivity contribution in [2.75, 3.05) is 24.2 Å². The number of nitrogens with one attached hydrogen (secondary N) is 1. The Morgan fingerprint density at radius 1 is 1.30 bits per heavy atom. The highest BCUT2D eigenvalue weighted by atomic mass is 16.3. The van der Waals surface area contributed by atoms with E-state index in [1.807, 2.05) is 6.92 Å². The van der Waals surface area contributed by atoms with E-state index < -0.39 is 0 Å². The van der Waals surface area contributed by atoms with Gasteiger partial charge in [-0.3, -0.25) is 0 Å². The number of anilines is 2. The van der Waals surface area contributed by atoms with Crippen LogP contribution in [0.1, 0.15) is 50.4 Å². The quantitative estimate of drug-likeness (QED) is 0.769. The van der Waals surface area contributed by atoms with Gasteiger partial charge in [0, 0.05) is 24.6 Å². The normalized spacial score (nSPS) is 22.4. The molecule has 20 heavy (non-hydrogen) atoms. The molecule has 1 fully saturated rings. The van der Waals surface area contributed by atoms with Gasteiger partial charge in [0.2, 0.25) is 0 Å². The van der Waals surface area contributed by atoms with E-state index in [4.69, 9.17) is 5.73 Å². The summed E-state index contributed by atoms with van der Waals surface area (Å²) in [7, 11) is 0. The lowest BCUT2D eigenvalue weighted by molar-refractivity contribution is 0.199. The summed E-state index contributed by atoms with van der Waals surface area (Å²) in [5, 5.41) is 12.8. The number of nitrogens with two attached hydrogens (primary N) is 1. The minimum absolute atomic E-state index is 0.259. The van der Waals surface area contributed by atoms with Crippen LogP contribution < -0.4 is 11.1 Å². The van der Waals surface area contributed by atoms with Gasteiger partial charge in [-0.15, -0.1) is 0 Å². The average Bonchev–Trinajstić information content (AvgIpc) is 2.87. The number of nitrogen functional groups attached to an aromatic ring is 1. The fraction of sp³-hybridized carbons (Fsp3) is 0.733. The average molecular weight is 278 g/mol. The summed E-state index contributed by atoms with van der Waals surface area (Å²) in [6.07, 6.45) is 3.51. The lowest BCUT2D eigenvalue weighted by atomic mass is 9.97. The molecule has 1 heterocycles. The standard InChI is InChI=1S/C15H26N4O/c1-9(2)14-18-13(16)10(3)15(19-14)17-7-11-5-4-6-12(11)8-20/h9,11-12,20H,4-8H2,1-3H3,(H3,16,17,18,19). The molecule has 0 radical (unpaired) electrons. The van der Waals surface area contributed by atoms with Crippen LogP contribution in [0.15, 0.2) is 0 Å². The molecule has 0 spiro atoms. The van der Waals surface area contributed by atoms with Crippen LogP contribution in [0.25, 0.3) is 0 Å². The third kappa shape index (κ3) is 3.20. The zero-order valence-electron chi connectivity index (χ0n) is 12.7. The van der Waals surface area contributed by atoms with Crippen LogP contribution in [0.5, 0.6) is 0 Å². The minimum atomic E-state index is 0.259. The predicted molar refractivity (Wildman–Crippen MR) is 81.7 cm³/mol. The first-order chi connectivity index (χ1) is 9.52. The second-order valence-corrected chi connectivity index (χ2v) is 6.11. The molecule has 1 aromatic heterocycles. The fourth-order valence-electron chi connectivity index (χ4n) is 2.83. The zero-order valence-corrected chi connectivity index (χ0v) is 12.7. The molecule has 5 nitrogen and oxygen atoms in total. The van der Waals surface area contributed by atoms with E-state index in [1.54, 1.807) is 0 Å². The van der Waals surface area contributed by atoms with E-state index in [0.29, 0.717) is 17.7 Å². The first kappa shape index (κ1) is 15.0. The molecule has 0 bridgehead atoms. The lowest BCUT2D eigenvalue weighted by Crippen LogP contribution is -2.22. The Morgan fingerprint density at radius 3 is 2.65 bits per heavy atom. The maximum atomic E-state index is 9.38. The number of aliphatic hydroxyl groups excluding tert-OH is 1. The van der Waals surface area contributed by atoms with Crippen LogP contribution in [-0.4, -0.2) is 28.2 Å². The van der Waals surface area contributed by atoms with E-state index in [9.17, 15) is 5.11 Å². The lowest BCUT2D eigenvalue weighted by Gasteiger charge is -2.20. The van der Waals surface area contributed by atoms with E-state index in [1.165, 1.54) is 12.8 Å². The van der Waals surface area contributed by atoms with Crippen molar-refractivity contribution < 1.29 is 5.11 Å². The van der Waals surface area contributed by atoms with Gasteiger partial charge in [0.25, 0.3) is 0 Å². The fourth-order valence-corrected chi connectivity index (χ4v) is 2.83. The Morgan fingerprint density at radius 2 is 2.00 bits per heavy atom. The second-order valence-electron chi connectivity index (χ2n) is 6.11. The van der Waals surface area contributed by atoms with Crippen molar-refractivity contribution in [2.45, 2.75) is 46.0 Å². The number of aliphatic hydroxyl groups is 1. The second kappa shape index (κ2) is 6.39. The highest BCUT2D eigenvalue weighted by molar-refractivity contribution is 5.55. The third-order valence-corrected chi connectivity index (χ3v) is 4.30. The molecule has 2 atom stereocenters. The first-order valence-electron chi connectivity index (χ1n) is 7.51. The van der Waals surface area contributed by atoms with Crippen LogP contribution in [0.3, 0.4) is 0 Å². The van der Waals surface area contributed by atoms with Crippen molar-refractivity contribution in [3.05, 3.63) is 11.4 Å². The maximum absolute atomic E-state index is 9.38. The molecule has 1 saturated carbocycles. The SMILES string of the molecule is Cc1c(N)nc(C(C)C)nc1NCC1CCCC1CO. The van der Waals surface area contributed by atoms with Crippen molar-refractivity contribution >= 4 is 11.6 Å². The van der Waals surface area contributed by atoms with Crippen molar-refractivity contribution in [3.63, 3.8) is 0 Å². The van der Waals surface area contributed by atoms with Crippen molar-refractivity contribution in [1.29, 1.82) is 0 Å². The number of hydrogen-bond donors (Lipinski definition) is 3. The molecule has 0 aliphatic heterocycles. The monoisotopic (exact) mass is 278 g/mol. The Labute approximate surface area is 121 Å². The molecule has 4 N–H and O–H groups in total. The highest BCUT2D eigenvalue weighted by Gasteiger charge is 2.26. The van der Waals surface area contributed by atoms with Crippen LogP contribution >= 0.6 is 0 Å². The molecule has 1 aliphatic rings. The highest BCUT2D eigenvalue weighted by Crippen LogP contribution is 2.31. The topological polar surface area (TPSA) is 84.1 Å². The summed E-state index contributed by atoms with van der Waals surface area (Å²) in [5.41, 5.74) is 6.88. The minimum Gasteiger partial charge on any atom is -0.396 e. The van der Waals surface area contributed by atoms with E-state index in [-0.39, 0.29) is 12.5 Å². The molecule has 1 aromatic rings. The summed E-state index contributed by atoms with van der Waals surface area (Å²) >= 11 is 0. The number of nitrogens with zero attached hydrogens (tertiary/aromatic N) is 2. The molecule has 0 saturated heterocycles. The van der Waals surface area contributed by atoms with Crippen molar-refractivity contribution in [1.82, 2.24) is 9.97 Å². The van der Waals surface area contributed by atoms with Gasteiger partial charge in [0.1, 0.15) is 17.5 Å². The third-order valence-electron chi connectivity index (χ3n) is 4.30. The van der Waals surface area contributed by atoms with Gasteiger partial charge in [0.05, 0.1) is 0 Å². The maximum Gasteiger partial charge on any atom is 0.135 e. The Hall–Kier alpha value is -1.36. The van der Waals surface area contributed by atoms with E-state index >= 15 is 0 Å². The van der Waals surface area contributed by atoms with Gasteiger partial charge in [-0.05, 0) is 31.6 Å². The largest absolute Gasteiger partial charge is 0.396 e. The summed E-state index contributed by atoms with van der Waals surface area (Å²) in [4.78, 5) is 8.91. The van der Waals surface area contributed by atoms with Crippen LogP contribution in [0.2, 0.25) is 0 Å². The van der Waals surface area contributed by atoms with Gasteiger partial charge in [-0.25, -0.2) is 9.97 Å². The van der Waals surface area contributed by atoms with Crippen molar-refractivity contribution in [3.8, 4) is 0 Å². The molecular formula is C15H26N4O. The Kier molecular flexibility index (Phi) is 4.81. The summed E-state index contributed by atoms with van der Waals surface area (Å²) < 4.78 is 0. The summed E-state index contributed by atoms with van der Waals surface area (Å²) in [5.74, 6) is 3.38. The molecule has 1 aliphatic carbocycles. The Bertz CT molecular complexity index is 461. The summed E-state index contributed by atoms with van der Waals surface area (Å²) in [6.45, 7) is 7.20. The van der Waals surface area contributed by atoms with Gasteiger partial charge >= 0.3 is 0 Å². The molecular weight excluding hydrogens is 252 g/mol. The number of rotatable bonds is 5. The van der Waals surface area contributed by atoms with Crippen LogP contribution in [0, 0.1) is 18.8 Å². The van der Waals surface area contributed by atoms with Crippen molar-refractivity contribution in [2.24, 2.45) is 11.8 Å². The molecule has 0 aromatic carbocycles. The van der Waals surface area contributed by atoms with Crippen LogP contribution in [0.4, 0.5) is 11.6 Å². The zero-order chi connectivity index (χ0) is 14.7. The summed E-state index contributed by atoms with van der Waals surface area (Å²) in [6, 6.07) is 0. The molecule has 5 heteroatoms. The smallest absolute Gasteiger partial charge is 0.135 e. The molecule has 2 unspecified atom stereocenters. The van der Waals surface area contributed by atoms with Crippen LogP contribution in [-0.2, 0) is 0 Å². The molecule has 112 valence electrons. The first-order valence-corrected chi connectivity index (χ1v) is 7.51. The van der Waals surface area contributed by atoms with Gasteiger partial charge in [-0.1, -0.05) is 20.3 Å². The van der Waals surface area contributed by atoms with Gasteiger partial charge in [0.15, 0.2) is 0 Å². The number of hydrogen-bond acceptors (Lipinski definition) is 5. The predicted octanol–water partition coefficient (Wildman–Crippen LogP) is 2.31. The van der Waals surface area contributed by atoms with Gasteiger partial charge < -0.3 is 16.2 Å². The van der Waals surface area contributed by atoms with Gasteiger partial charge in [-0.2, -0.15) is 0 Å². The Balaban J connectivity index is 2.08. The van der Waals surface area contributed by atoms with E-state index in [2.05, 4.69) is 29.1 Å².